The largest absolute Gasteiger partial charge is 0.347 e. The molecule has 15 heavy (non-hydrogen) atoms. The molecule has 0 aliphatic carbocycles. The quantitative estimate of drug-likeness (QED) is 0.752. The molecule has 0 saturated heterocycles. The summed E-state index contributed by atoms with van der Waals surface area (Å²) in [4.78, 5) is 11.5. The summed E-state index contributed by atoms with van der Waals surface area (Å²) in [5.41, 5.74) is 1.19. The van der Waals surface area contributed by atoms with Gasteiger partial charge in [0.05, 0.1) is 10.7 Å². The van der Waals surface area contributed by atoms with Gasteiger partial charge in [-0.1, -0.05) is 23.7 Å². The van der Waals surface area contributed by atoms with E-state index >= 15 is 0 Å². The molecule has 0 fully saturated rings. The van der Waals surface area contributed by atoms with E-state index in [1.807, 2.05) is 19.1 Å². The van der Waals surface area contributed by atoms with E-state index < -0.39 is 0 Å². The molecule has 0 bridgehead atoms. The molecule has 1 heterocycles. The van der Waals surface area contributed by atoms with Crippen molar-refractivity contribution in [3.8, 4) is 5.69 Å². The highest BCUT2D eigenvalue weighted by molar-refractivity contribution is 7.71. The van der Waals surface area contributed by atoms with Gasteiger partial charge in [-0.15, -0.1) is 0 Å². The Kier molecular flexibility index (Phi) is 2.50. The molecule has 6 heteroatoms. The number of para-hydroxylation sites is 1. The van der Waals surface area contributed by atoms with Gasteiger partial charge in [0.1, 0.15) is 0 Å². The molecule has 0 atom stereocenters. The third-order valence-electron chi connectivity index (χ3n) is 2.09. The van der Waals surface area contributed by atoms with Crippen LogP contribution in [-0.2, 0) is 0 Å². The number of halogens is 1. The monoisotopic (exact) mass is 241 g/mol. The standard InChI is InChI=1S/C9H8ClN3OS/c1-5-3-2-4-6(10)7(5)13-8(14)11-12-9(13)15/h2-4H,1H3,(H,11,14)(H,12,15). The summed E-state index contributed by atoms with van der Waals surface area (Å²) in [6.07, 6.45) is 0. The molecule has 2 rings (SSSR count). The van der Waals surface area contributed by atoms with Crippen LogP contribution < -0.4 is 5.69 Å². The number of nitrogens with one attached hydrogen (secondary N) is 2. The molecule has 1 aromatic carbocycles. The first-order valence-electron chi connectivity index (χ1n) is 4.26. The molecule has 2 aromatic rings. The van der Waals surface area contributed by atoms with Crippen LogP contribution in [0.15, 0.2) is 23.0 Å². The molecule has 4 nitrogen and oxygen atoms in total. The highest BCUT2D eigenvalue weighted by Crippen LogP contribution is 2.22. The SMILES string of the molecule is Cc1cccc(Cl)c1-n1c(=O)[nH][nH]c1=S. The molecular weight excluding hydrogens is 234 g/mol. The first-order valence-corrected chi connectivity index (χ1v) is 5.05. The van der Waals surface area contributed by atoms with Crippen LogP contribution in [0.3, 0.4) is 0 Å². The van der Waals surface area contributed by atoms with Gasteiger partial charge in [-0.3, -0.25) is 5.10 Å². The number of hydrogen-bond acceptors (Lipinski definition) is 2. The molecule has 0 saturated carbocycles. The highest BCUT2D eigenvalue weighted by atomic mass is 35.5. The highest BCUT2D eigenvalue weighted by Gasteiger charge is 2.10. The second-order valence-electron chi connectivity index (χ2n) is 3.10. The molecule has 1 aromatic heterocycles. The third-order valence-corrected chi connectivity index (χ3v) is 2.68. The van der Waals surface area contributed by atoms with Gasteiger partial charge in [-0.25, -0.2) is 14.5 Å². The first kappa shape index (κ1) is 10.2. The Morgan fingerprint density at radius 3 is 2.67 bits per heavy atom. The number of hydrogen-bond donors (Lipinski definition) is 2. The molecule has 0 aliphatic heterocycles. The lowest BCUT2D eigenvalue weighted by molar-refractivity contribution is 0.965. The Balaban J connectivity index is 2.86. The van der Waals surface area contributed by atoms with E-state index in [1.54, 1.807) is 6.07 Å². The average Bonchev–Trinajstić information content (AvgIpc) is 2.49. The fourth-order valence-electron chi connectivity index (χ4n) is 1.42. The molecule has 0 amide bonds. The van der Waals surface area contributed by atoms with E-state index in [1.165, 1.54) is 4.57 Å². The molecule has 2 N–H and O–H groups in total. The van der Waals surface area contributed by atoms with Crippen molar-refractivity contribution in [2.75, 3.05) is 0 Å². The Morgan fingerprint density at radius 1 is 1.40 bits per heavy atom. The molecule has 0 spiro atoms. The van der Waals surface area contributed by atoms with Crippen molar-refractivity contribution in [2.24, 2.45) is 0 Å². The maximum Gasteiger partial charge on any atom is 0.347 e. The molecule has 0 unspecified atom stereocenters. The summed E-state index contributed by atoms with van der Waals surface area (Å²) in [6, 6.07) is 5.42. The summed E-state index contributed by atoms with van der Waals surface area (Å²) in [5.74, 6) is 0. The zero-order valence-electron chi connectivity index (χ0n) is 7.87. The number of aryl methyl sites for hydroxylation is 1. The third kappa shape index (κ3) is 1.64. The van der Waals surface area contributed by atoms with E-state index in [0.29, 0.717) is 15.5 Å². The predicted molar refractivity (Wildman–Crippen MR) is 61.3 cm³/mol. The van der Waals surface area contributed by atoms with Crippen LogP contribution in [0.5, 0.6) is 0 Å². The molecular formula is C9H8ClN3OS. The van der Waals surface area contributed by atoms with E-state index in [2.05, 4.69) is 10.2 Å². The van der Waals surface area contributed by atoms with E-state index in [4.69, 9.17) is 23.8 Å². The first-order chi connectivity index (χ1) is 7.11. The predicted octanol–water partition coefficient (Wildman–Crippen LogP) is 2.19. The van der Waals surface area contributed by atoms with Crippen molar-refractivity contribution < 1.29 is 0 Å². The van der Waals surface area contributed by atoms with Gasteiger partial charge >= 0.3 is 5.69 Å². The average molecular weight is 242 g/mol. The minimum Gasteiger partial charge on any atom is -0.272 e. The zero-order valence-corrected chi connectivity index (χ0v) is 9.45. The van der Waals surface area contributed by atoms with Crippen LogP contribution in [0.25, 0.3) is 5.69 Å². The van der Waals surface area contributed by atoms with E-state index in [-0.39, 0.29) is 5.69 Å². The number of rotatable bonds is 1. The summed E-state index contributed by atoms with van der Waals surface area (Å²) in [6.45, 7) is 1.87. The van der Waals surface area contributed by atoms with Crippen molar-refractivity contribution in [1.82, 2.24) is 14.8 Å². The van der Waals surface area contributed by atoms with Crippen molar-refractivity contribution in [2.45, 2.75) is 6.92 Å². The van der Waals surface area contributed by atoms with Gasteiger partial charge in [0.15, 0.2) is 0 Å². The van der Waals surface area contributed by atoms with Crippen LogP contribution in [0.4, 0.5) is 0 Å². The van der Waals surface area contributed by atoms with Crippen molar-refractivity contribution in [1.29, 1.82) is 0 Å². The molecule has 0 radical (unpaired) electrons. The van der Waals surface area contributed by atoms with Gasteiger partial charge < -0.3 is 0 Å². The van der Waals surface area contributed by atoms with Gasteiger partial charge in [-0.2, -0.15) is 0 Å². The summed E-state index contributed by atoms with van der Waals surface area (Å²) < 4.78 is 1.64. The number of aromatic nitrogens is 3. The summed E-state index contributed by atoms with van der Waals surface area (Å²) in [7, 11) is 0. The number of benzene rings is 1. The summed E-state index contributed by atoms with van der Waals surface area (Å²) in [5, 5.41) is 5.48. The maximum atomic E-state index is 11.5. The Morgan fingerprint density at radius 2 is 2.13 bits per heavy atom. The maximum absolute atomic E-state index is 11.5. The lowest BCUT2D eigenvalue weighted by atomic mass is 10.2. The lowest BCUT2D eigenvalue weighted by Crippen LogP contribution is -2.16. The van der Waals surface area contributed by atoms with Crippen LogP contribution in [0.1, 0.15) is 5.56 Å². The molecule has 78 valence electrons. The Hall–Kier alpha value is -1.33. The minimum absolute atomic E-state index is 0.302. The van der Waals surface area contributed by atoms with E-state index in [9.17, 15) is 4.79 Å². The van der Waals surface area contributed by atoms with Crippen LogP contribution in [0, 0.1) is 11.7 Å². The number of aromatic amines is 2. The van der Waals surface area contributed by atoms with Crippen molar-refractivity contribution in [3.63, 3.8) is 0 Å². The second-order valence-corrected chi connectivity index (χ2v) is 3.89. The van der Waals surface area contributed by atoms with Crippen molar-refractivity contribution >= 4 is 23.8 Å². The smallest absolute Gasteiger partial charge is 0.272 e. The number of nitrogens with zero attached hydrogens (tertiary/aromatic N) is 1. The van der Waals surface area contributed by atoms with Crippen molar-refractivity contribution in [3.05, 3.63) is 44.0 Å². The normalized spacial score (nSPS) is 10.5. The van der Waals surface area contributed by atoms with Crippen LogP contribution >= 0.6 is 23.8 Å². The molecule has 0 aliphatic rings. The minimum atomic E-state index is -0.323. The Labute approximate surface area is 95.5 Å². The van der Waals surface area contributed by atoms with Gasteiger partial charge in [0.25, 0.3) is 0 Å². The summed E-state index contributed by atoms with van der Waals surface area (Å²) >= 11 is 11.0. The van der Waals surface area contributed by atoms with Gasteiger partial charge in [0.2, 0.25) is 4.77 Å². The van der Waals surface area contributed by atoms with Gasteiger partial charge in [0, 0.05) is 0 Å². The van der Waals surface area contributed by atoms with E-state index in [0.717, 1.165) is 5.56 Å². The van der Waals surface area contributed by atoms with Crippen LogP contribution in [0.2, 0.25) is 5.02 Å². The van der Waals surface area contributed by atoms with Gasteiger partial charge in [-0.05, 0) is 30.8 Å². The lowest BCUT2D eigenvalue weighted by Gasteiger charge is -2.06. The Bertz CT molecular complexity index is 563. The zero-order chi connectivity index (χ0) is 11.0. The topological polar surface area (TPSA) is 53.6 Å². The fourth-order valence-corrected chi connectivity index (χ4v) is 1.95. The van der Waals surface area contributed by atoms with Crippen LogP contribution in [-0.4, -0.2) is 14.8 Å². The number of H-pyrrole nitrogens is 2. The second kappa shape index (κ2) is 3.67. The fraction of sp³-hybridized carbons (Fsp3) is 0.111.